The van der Waals surface area contributed by atoms with Crippen molar-refractivity contribution in [3.63, 3.8) is 0 Å². The summed E-state index contributed by atoms with van der Waals surface area (Å²) in [6.45, 7) is 6.68. The molecule has 1 amide bonds. The molecule has 0 aromatic carbocycles. The number of nitrogens with one attached hydrogen (secondary N) is 1. The Morgan fingerprint density at radius 2 is 2.00 bits per heavy atom. The fourth-order valence-corrected chi connectivity index (χ4v) is 3.17. The Hall–Kier alpha value is -0.650. The van der Waals surface area contributed by atoms with Crippen LogP contribution in [0, 0.1) is 11.8 Å². The Labute approximate surface area is 129 Å². The number of likely N-dealkylation sites (tertiary alicyclic amines) is 1. The van der Waals surface area contributed by atoms with Crippen molar-refractivity contribution >= 4 is 5.91 Å². The Morgan fingerprint density at radius 1 is 1.29 bits per heavy atom. The molecule has 0 aromatic heterocycles. The summed E-state index contributed by atoms with van der Waals surface area (Å²) in [5, 5.41) is 3.18. The van der Waals surface area contributed by atoms with Crippen molar-refractivity contribution in [2.45, 2.75) is 25.7 Å². The molecule has 122 valence electrons. The number of piperidine rings is 1. The van der Waals surface area contributed by atoms with Gasteiger partial charge in [-0.2, -0.15) is 0 Å². The molecule has 2 aliphatic heterocycles. The molecule has 2 fully saturated rings. The first kappa shape index (κ1) is 16.7. The second-order valence-corrected chi connectivity index (χ2v) is 6.56. The Morgan fingerprint density at radius 3 is 2.57 bits per heavy atom. The van der Waals surface area contributed by atoms with Crippen LogP contribution < -0.4 is 5.32 Å². The maximum atomic E-state index is 12.2. The van der Waals surface area contributed by atoms with Gasteiger partial charge >= 0.3 is 0 Å². The molecular weight excluding hydrogens is 266 g/mol. The Kier molecular flexibility index (Phi) is 6.93. The lowest BCUT2D eigenvalue weighted by Gasteiger charge is -2.37. The fourth-order valence-electron chi connectivity index (χ4n) is 3.17. The van der Waals surface area contributed by atoms with Gasteiger partial charge in [-0.3, -0.25) is 4.79 Å². The van der Waals surface area contributed by atoms with Crippen LogP contribution in [0.2, 0.25) is 0 Å². The zero-order valence-corrected chi connectivity index (χ0v) is 13.6. The van der Waals surface area contributed by atoms with Crippen LogP contribution in [-0.4, -0.2) is 75.7 Å². The molecule has 0 aromatic rings. The van der Waals surface area contributed by atoms with Gasteiger partial charge in [-0.05, 0) is 45.2 Å². The number of likely N-dealkylation sites (N-methyl/N-ethyl adjacent to an activating group) is 1. The minimum atomic E-state index is 0.260. The van der Waals surface area contributed by atoms with Crippen LogP contribution in [0.4, 0.5) is 0 Å². The molecule has 2 saturated heterocycles. The summed E-state index contributed by atoms with van der Waals surface area (Å²) in [6, 6.07) is 0. The van der Waals surface area contributed by atoms with Crippen LogP contribution in [0.15, 0.2) is 0 Å². The third-order valence-electron chi connectivity index (χ3n) is 4.89. The standard InChI is InChI=1S/C16H31N3O2/c1-18(10-11-21-2)7-3-4-14-5-8-19(9-6-14)16(20)15-12-17-13-15/h14-15,17H,3-13H2,1-2H3. The summed E-state index contributed by atoms with van der Waals surface area (Å²) in [4.78, 5) is 16.6. The van der Waals surface area contributed by atoms with Gasteiger partial charge in [0, 0.05) is 39.8 Å². The molecule has 0 unspecified atom stereocenters. The Balaban J connectivity index is 1.55. The first-order chi connectivity index (χ1) is 10.2. The molecule has 0 spiro atoms. The number of amides is 1. The van der Waals surface area contributed by atoms with E-state index in [0.717, 1.165) is 51.8 Å². The van der Waals surface area contributed by atoms with Crippen LogP contribution >= 0.6 is 0 Å². The van der Waals surface area contributed by atoms with Crippen molar-refractivity contribution in [1.82, 2.24) is 15.1 Å². The summed E-state index contributed by atoms with van der Waals surface area (Å²) in [7, 11) is 3.91. The van der Waals surface area contributed by atoms with Gasteiger partial charge in [-0.15, -0.1) is 0 Å². The van der Waals surface area contributed by atoms with Crippen LogP contribution in [0.25, 0.3) is 0 Å². The molecule has 2 rings (SSSR count). The van der Waals surface area contributed by atoms with E-state index in [4.69, 9.17) is 4.74 Å². The van der Waals surface area contributed by atoms with Crippen molar-refractivity contribution in [2.24, 2.45) is 11.8 Å². The van der Waals surface area contributed by atoms with Crippen LogP contribution in [0.3, 0.4) is 0 Å². The molecule has 2 heterocycles. The summed E-state index contributed by atoms with van der Waals surface area (Å²) in [5.41, 5.74) is 0. The SMILES string of the molecule is COCCN(C)CCCC1CCN(C(=O)C2CNC2)CC1. The van der Waals surface area contributed by atoms with E-state index in [2.05, 4.69) is 22.2 Å². The number of carbonyl (C=O) groups excluding carboxylic acids is 1. The van der Waals surface area contributed by atoms with Crippen molar-refractivity contribution in [1.29, 1.82) is 0 Å². The predicted octanol–water partition coefficient (Wildman–Crippen LogP) is 0.803. The first-order valence-electron chi connectivity index (χ1n) is 8.37. The van der Waals surface area contributed by atoms with E-state index in [-0.39, 0.29) is 5.92 Å². The van der Waals surface area contributed by atoms with Gasteiger partial charge in [-0.25, -0.2) is 0 Å². The lowest BCUT2D eigenvalue weighted by atomic mass is 9.91. The van der Waals surface area contributed by atoms with E-state index in [0.29, 0.717) is 5.91 Å². The first-order valence-corrected chi connectivity index (χ1v) is 8.37. The summed E-state index contributed by atoms with van der Waals surface area (Å²) >= 11 is 0. The molecule has 21 heavy (non-hydrogen) atoms. The highest BCUT2D eigenvalue weighted by Crippen LogP contribution is 2.23. The van der Waals surface area contributed by atoms with E-state index < -0.39 is 0 Å². The number of rotatable bonds is 8. The van der Waals surface area contributed by atoms with Crippen LogP contribution in [-0.2, 0) is 9.53 Å². The van der Waals surface area contributed by atoms with E-state index in [1.165, 1.54) is 25.7 Å². The summed E-state index contributed by atoms with van der Waals surface area (Å²) < 4.78 is 5.09. The highest BCUT2D eigenvalue weighted by Gasteiger charge is 2.31. The zero-order valence-electron chi connectivity index (χ0n) is 13.6. The second kappa shape index (κ2) is 8.71. The molecule has 0 atom stereocenters. The minimum absolute atomic E-state index is 0.260. The van der Waals surface area contributed by atoms with Gasteiger partial charge in [0.2, 0.25) is 5.91 Å². The number of ether oxygens (including phenoxy) is 1. The zero-order chi connectivity index (χ0) is 15.1. The molecule has 0 radical (unpaired) electrons. The number of nitrogens with zero attached hydrogens (tertiary/aromatic N) is 2. The van der Waals surface area contributed by atoms with Gasteiger partial charge in [0.25, 0.3) is 0 Å². The molecule has 0 aliphatic carbocycles. The Bertz CT molecular complexity index is 313. The topological polar surface area (TPSA) is 44.8 Å². The van der Waals surface area contributed by atoms with Gasteiger partial charge in [0.15, 0.2) is 0 Å². The van der Waals surface area contributed by atoms with E-state index >= 15 is 0 Å². The maximum absolute atomic E-state index is 12.2. The number of hydrogen-bond donors (Lipinski definition) is 1. The lowest BCUT2D eigenvalue weighted by Crippen LogP contribution is -2.53. The van der Waals surface area contributed by atoms with E-state index in [1.807, 2.05) is 0 Å². The highest BCUT2D eigenvalue weighted by atomic mass is 16.5. The fraction of sp³-hybridized carbons (Fsp3) is 0.938. The van der Waals surface area contributed by atoms with Crippen molar-refractivity contribution in [2.75, 3.05) is 60.0 Å². The highest BCUT2D eigenvalue weighted by molar-refractivity contribution is 5.80. The summed E-state index contributed by atoms with van der Waals surface area (Å²) in [6.07, 6.45) is 4.93. The maximum Gasteiger partial charge on any atom is 0.228 e. The van der Waals surface area contributed by atoms with Crippen molar-refractivity contribution in [3.8, 4) is 0 Å². The number of hydrogen-bond acceptors (Lipinski definition) is 4. The predicted molar refractivity (Wildman–Crippen MR) is 84.3 cm³/mol. The lowest BCUT2D eigenvalue weighted by molar-refractivity contribution is -0.138. The molecule has 5 heteroatoms. The third kappa shape index (κ3) is 5.24. The largest absolute Gasteiger partial charge is 0.383 e. The van der Waals surface area contributed by atoms with Gasteiger partial charge in [-0.1, -0.05) is 0 Å². The normalized spacial score (nSPS) is 20.8. The van der Waals surface area contributed by atoms with Gasteiger partial charge in [0.05, 0.1) is 12.5 Å². The molecule has 0 bridgehead atoms. The molecule has 1 N–H and O–H groups in total. The number of methoxy groups -OCH3 is 1. The van der Waals surface area contributed by atoms with Crippen molar-refractivity contribution in [3.05, 3.63) is 0 Å². The second-order valence-electron chi connectivity index (χ2n) is 6.56. The average molecular weight is 297 g/mol. The van der Waals surface area contributed by atoms with E-state index in [1.54, 1.807) is 7.11 Å². The third-order valence-corrected chi connectivity index (χ3v) is 4.89. The van der Waals surface area contributed by atoms with E-state index in [9.17, 15) is 4.79 Å². The molecular formula is C16H31N3O2. The molecule has 0 saturated carbocycles. The van der Waals surface area contributed by atoms with Crippen LogP contribution in [0.5, 0.6) is 0 Å². The average Bonchev–Trinajstić information content (AvgIpc) is 2.44. The van der Waals surface area contributed by atoms with Gasteiger partial charge in [0.1, 0.15) is 0 Å². The van der Waals surface area contributed by atoms with Crippen LogP contribution in [0.1, 0.15) is 25.7 Å². The number of carbonyl (C=O) groups is 1. The monoisotopic (exact) mass is 297 g/mol. The molecule has 2 aliphatic rings. The minimum Gasteiger partial charge on any atom is -0.383 e. The quantitative estimate of drug-likeness (QED) is 0.720. The molecule has 5 nitrogen and oxygen atoms in total. The smallest absolute Gasteiger partial charge is 0.228 e. The summed E-state index contributed by atoms with van der Waals surface area (Å²) in [5.74, 6) is 1.45. The van der Waals surface area contributed by atoms with Crippen molar-refractivity contribution < 1.29 is 9.53 Å². The van der Waals surface area contributed by atoms with Gasteiger partial charge < -0.3 is 19.9 Å².